The summed E-state index contributed by atoms with van der Waals surface area (Å²) in [6.45, 7) is 2.49. The second-order valence-electron chi connectivity index (χ2n) is 2.17. The van der Waals surface area contributed by atoms with E-state index in [9.17, 15) is 14.5 Å². The van der Waals surface area contributed by atoms with Gasteiger partial charge in [0, 0.05) is 6.08 Å². The van der Waals surface area contributed by atoms with Crippen LogP contribution < -0.4 is 0 Å². The van der Waals surface area contributed by atoms with Crippen molar-refractivity contribution >= 4 is 0 Å². The number of nitrogens with zero attached hydrogens (tertiary/aromatic N) is 1. The molecule has 0 spiro atoms. The second kappa shape index (κ2) is 2.57. The van der Waals surface area contributed by atoms with Crippen LogP contribution in [-0.2, 0) is 0 Å². The van der Waals surface area contributed by atoms with Crippen molar-refractivity contribution in [2.24, 2.45) is 0 Å². The van der Waals surface area contributed by atoms with E-state index in [4.69, 9.17) is 0 Å². The van der Waals surface area contributed by atoms with E-state index in [0.717, 1.165) is 6.08 Å². The lowest BCUT2D eigenvalue weighted by molar-refractivity contribution is -0.403. The molecule has 0 bridgehead atoms. The summed E-state index contributed by atoms with van der Waals surface area (Å²) in [4.78, 5) is 8.90. The summed E-state index contributed by atoms with van der Waals surface area (Å²) in [7, 11) is 0. The van der Waals surface area contributed by atoms with Gasteiger partial charge in [0.2, 0.25) is 6.20 Å². The van der Waals surface area contributed by atoms with Crippen molar-refractivity contribution in [2.45, 2.75) is 19.5 Å². The summed E-state index contributed by atoms with van der Waals surface area (Å²) in [6.07, 6.45) is 1.49. The molecule has 0 aliphatic carbocycles. The highest BCUT2D eigenvalue weighted by molar-refractivity contribution is 4.90. The largest absolute Gasteiger partial charge is 0.259 e. The van der Waals surface area contributed by atoms with Gasteiger partial charge in [0.15, 0.2) is 0 Å². The Hall–Kier alpha value is -0.930. The lowest BCUT2D eigenvalue weighted by atomic mass is 10.2. The normalized spacial score (nSPS) is 12.3. The highest BCUT2D eigenvalue weighted by atomic mass is 19.1. The maximum Gasteiger partial charge on any atom is 0.233 e. The van der Waals surface area contributed by atoms with Gasteiger partial charge in [0.25, 0.3) is 0 Å². The van der Waals surface area contributed by atoms with E-state index in [1.165, 1.54) is 13.8 Å². The first-order chi connectivity index (χ1) is 3.92. The van der Waals surface area contributed by atoms with Crippen molar-refractivity contribution in [1.29, 1.82) is 0 Å². The van der Waals surface area contributed by atoms with Crippen molar-refractivity contribution in [1.82, 2.24) is 0 Å². The van der Waals surface area contributed by atoms with E-state index in [0.29, 0.717) is 6.20 Å². The van der Waals surface area contributed by atoms with Crippen LogP contribution in [0.25, 0.3) is 0 Å². The SMILES string of the molecule is CC(C)(F)/C=C/[N+](=O)[O-]. The molecule has 0 fully saturated rings. The van der Waals surface area contributed by atoms with Crippen molar-refractivity contribution in [2.75, 3.05) is 0 Å². The lowest BCUT2D eigenvalue weighted by Crippen LogP contribution is -2.06. The maximum absolute atomic E-state index is 12.4. The Labute approximate surface area is 52.3 Å². The molecule has 0 saturated carbocycles. The van der Waals surface area contributed by atoms with Gasteiger partial charge in [-0.15, -0.1) is 0 Å². The minimum Gasteiger partial charge on any atom is -0.259 e. The summed E-state index contributed by atoms with van der Waals surface area (Å²) in [5, 5.41) is 9.60. The summed E-state index contributed by atoms with van der Waals surface area (Å²) in [5.41, 5.74) is -1.59. The fraction of sp³-hybridized carbons (Fsp3) is 0.600. The summed E-state index contributed by atoms with van der Waals surface area (Å²) in [6, 6.07) is 0. The van der Waals surface area contributed by atoms with Crippen LogP contribution >= 0.6 is 0 Å². The molecular weight excluding hydrogens is 125 g/mol. The standard InChI is InChI=1S/C5H8FNO2/c1-5(2,6)3-4-7(8)9/h3-4H,1-2H3/b4-3+. The minimum absolute atomic E-state index is 0.597. The quantitative estimate of drug-likeness (QED) is 0.423. The zero-order chi connectivity index (χ0) is 7.49. The summed E-state index contributed by atoms with van der Waals surface area (Å²) in [5.74, 6) is 0. The number of allylic oxidation sites excluding steroid dienone is 1. The van der Waals surface area contributed by atoms with Crippen LogP contribution in [-0.4, -0.2) is 10.6 Å². The Bertz CT molecular complexity index is 136. The molecule has 0 saturated heterocycles. The van der Waals surface area contributed by atoms with E-state index in [-0.39, 0.29) is 0 Å². The van der Waals surface area contributed by atoms with E-state index in [2.05, 4.69) is 0 Å². The lowest BCUT2D eigenvalue weighted by Gasteiger charge is -2.02. The average Bonchev–Trinajstić information content (AvgIpc) is 1.59. The van der Waals surface area contributed by atoms with Crippen LogP contribution in [0.5, 0.6) is 0 Å². The van der Waals surface area contributed by atoms with Gasteiger partial charge in [-0.1, -0.05) is 0 Å². The third-order valence-electron chi connectivity index (χ3n) is 0.593. The molecule has 0 heterocycles. The fourth-order valence-electron chi connectivity index (χ4n) is 0.238. The van der Waals surface area contributed by atoms with Gasteiger partial charge in [0.1, 0.15) is 5.67 Å². The summed E-state index contributed by atoms with van der Waals surface area (Å²) >= 11 is 0. The highest BCUT2D eigenvalue weighted by Crippen LogP contribution is 2.08. The molecule has 0 unspecified atom stereocenters. The Morgan fingerprint density at radius 2 is 2.11 bits per heavy atom. The van der Waals surface area contributed by atoms with E-state index in [1.54, 1.807) is 0 Å². The Balaban J connectivity index is 3.86. The zero-order valence-electron chi connectivity index (χ0n) is 5.30. The first-order valence-corrected chi connectivity index (χ1v) is 2.43. The Morgan fingerprint density at radius 3 is 2.22 bits per heavy atom. The molecule has 4 heteroatoms. The van der Waals surface area contributed by atoms with Crippen molar-refractivity contribution in [3.63, 3.8) is 0 Å². The minimum atomic E-state index is -1.59. The molecule has 0 amide bonds. The first kappa shape index (κ1) is 8.07. The van der Waals surface area contributed by atoms with Gasteiger partial charge in [-0.25, -0.2) is 4.39 Å². The molecule has 0 aromatic rings. The topological polar surface area (TPSA) is 43.1 Å². The van der Waals surface area contributed by atoms with Gasteiger partial charge < -0.3 is 0 Å². The number of nitro groups is 1. The molecular formula is C5H8FNO2. The average molecular weight is 133 g/mol. The van der Waals surface area contributed by atoms with Crippen LogP contribution in [0.4, 0.5) is 4.39 Å². The molecule has 0 aliphatic heterocycles. The van der Waals surface area contributed by atoms with E-state index < -0.39 is 10.6 Å². The molecule has 0 aromatic carbocycles. The highest BCUT2D eigenvalue weighted by Gasteiger charge is 2.11. The molecule has 0 rings (SSSR count). The third-order valence-corrected chi connectivity index (χ3v) is 0.593. The van der Waals surface area contributed by atoms with Gasteiger partial charge in [-0.2, -0.15) is 0 Å². The molecule has 0 radical (unpaired) electrons. The van der Waals surface area contributed by atoms with Gasteiger partial charge in [0.05, 0.1) is 4.92 Å². The number of hydrogen-bond donors (Lipinski definition) is 0. The maximum atomic E-state index is 12.4. The second-order valence-corrected chi connectivity index (χ2v) is 2.17. The van der Waals surface area contributed by atoms with Crippen LogP contribution in [0.2, 0.25) is 0 Å². The Morgan fingerprint density at radius 1 is 1.67 bits per heavy atom. The van der Waals surface area contributed by atoms with Crippen LogP contribution in [0, 0.1) is 10.1 Å². The van der Waals surface area contributed by atoms with E-state index in [1.807, 2.05) is 0 Å². The molecule has 0 aromatic heterocycles. The number of rotatable bonds is 2. The number of alkyl halides is 1. The first-order valence-electron chi connectivity index (χ1n) is 2.43. The molecule has 9 heavy (non-hydrogen) atoms. The zero-order valence-corrected chi connectivity index (χ0v) is 5.30. The van der Waals surface area contributed by atoms with Crippen LogP contribution in [0.3, 0.4) is 0 Å². The Kier molecular flexibility index (Phi) is 2.30. The van der Waals surface area contributed by atoms with Crippen LogP contribution in [0.1, 0.15) is 13.8 Å². The van der Waals surface area contributed by atoms with Crippen molar-refractivity contribution in [3.8, 4) is 0 Å². The molecule has 0 aliphatic rings. The van der Waals surface area contributed by atoms with Crippen molar-refractivity contribution < 1.29 is 9.31 Å². The summed E-state index contributed by atoms with van der Waals surface area (Å²) < 4.78 is 12.4. The van der Waals surface area contributed by atoms with Gasteiger partial charge in [-0.3, -0.25) is 10.1 Å². The molecule has 3 nitrogen and oxygen atoms in total. The smallest absolute Gasteiger partial charge is 0.233 e. The molecule has 0 N–H and O–H groups in total. The fourth-order valence-corrected chi connectivity index (χ4v) is 0.238. The van der Waals surface area contributed by atoms with Gasteiger partial charge in [-0.05, 0) is 13.8 Å². The number of hydrogen-bond acceptors (Lipinski definition) is 2. The predicted molar refractivity (Wildman–Crippen MR) is 31.3 cm³/mol. The predicted octanol–water partition coefficient (Wildman–Crippen LogP) is 1.52. The van der Waals surface area contributed by atoms with Gasteiger partial charge >= 0.3 is 0 Å². The number of halogens is 1. The monoisotopic (exact) mass is 133 g/mol. The van der Waals surface area contributed by atoms with Crippen molar-refractivity contribution in [3.05, 3.63) is 22.4 Å². The molecule has 52 valence electrons. The van der Waals surface area contributed by atoms with E-state index >= 15 is 0 Å². The third kappa shape index (κ3) is 7.07. The molecule has 0 atom stereocenters. The van der Waals surface area contributed by atoms with Crippen LogP contribution in [0.15, 0.2) is 12.3 Å².